The average molecular weight is 270 g/mol. The lowest BCUT2D eigenvalue weighted by atomic mass is 10.1. The first-order valence-corrected chi connectivity index (χ1v) is 6.48. The standard InChI is InChI=1S/C16H15FN2O/c1-2-5-13-10-19-15(11-18-13)16(20)9-8-12-6-3-4-7-14(12)17/h3-4,6-11H,2,5H2,1H3/b9-8+. The van der Waals surface area contributed by atoms with Gasteiger partial charge in [0.25, 0.3) is 0 Å². The van der Waals surface area contributed by atoms with Crippen LogP contribution < -0.4 is 0 Å². The van der Waals surface area contributed by atoms with Crippen molar-refractivity contribution in [3.05, 3.63) is 65.5 Å². The maximum atomic E-state index is 13.4. The van der Waals surface area contributed by atoms with Gasteiger partial charge in [0.15, 0.2) is 0 Å². The molecule has 2 aromatic rings. The van der Waals surface area contributed by atoms with Crippen LogP contribution in [0, 0.1) is 5.82 Å². The van der Waals surface area contributed by atoms with Crippen molar-refractivity contribution in [3.8, 4) is 0 Å². The maximum absolute atomic E-state index is 13.4. The summed E-state index contributed by atoms with van der Waals surface area (Å²) in [7, 11) is 0. The molecule has 1 aromatic carbocycles. The number of benzene rings is 1. The van der Waals surface area contributed by atoms with Gasteiger partial charge in [-0.1, -0.05) is 31.5 Å². The molecular weight excluding hydrogens is 255 g/mol. The number of rotatable bonds is 5. The zero-order valence-corrected chi connectivity index (χ0v) is 11.2. The van der Waals surface area contributed by atoms with Crippen molar-refractivity contribution in [3.63, 3.8) is 0 Å². The van der Waals surface area contributed by atoms with Crippen LogP contribution in [-0.4, -0.2) is 15.8 Å². The van der Waals surface area contributed by atoms with Crippen LogP contribution in [0.2, 0.25) is 0 Å². The Labute approximate surface area is 117 Å². The second-order valence-electron chi connectivity index (χ2n) is 4.36. The number of aryl methyl sites for hydroxylation is 1. The summed E-state index contributed by atoms with van der Waals surface area (Å²) in [5.41, 5.74) is 1.50. The van der Waals surface area contributed by atoms with E-state index in [-0.39, 0.29) is 17.3 Å². The van der Waals surface area contributed by atoms with E-state index in [0.717, 1.165) is 18.5 Å². The third-order valence-corrected chi connectivity index (χ3v) is 2.78. The van der Waals surface area contributed by atoms with E-state index in [2.05, 4.69) is 16.9 Å². The lowest BCUT2D eigenvalue weighted by Gasteiger charge is -1.99. The van der Waals surface area contributed by atoms with Crippen molar-refractivity contribution in [1.29, 1.82) is 0 Å². The van der Waals surface area contributed by atoms with E-state index >= 15 is 0 Å². The van der Waals surface area contributed by atoms with Gasteiger partial charge in [-0.2, -0.15) is 0 Å². The van der Waals surface area contributed by atoms with Crippen LogP contribution in [-0.2, 0) is 6.42 Å². The highest BCUT2D eigenvalue weighted by atomic mass is 19.1. The SMILES string of the molecule is CCCc1cnc(C(=O)/C=C/c2ccccc2F)cn1. The average Bonchev–Trinajstić information content (AvgIpc) is 2.47. The van der Waals surface area contributed by atoms with Crippen molar-refractivity contribution < 1.29 is 9.18 Å². The molecule has 102 valence electrons. The molecule has 0 amide bonds. The summed E-state index contributed by atoms with van der Waals surface area (Å²) >= 11 is 0. The predicted molar refractivity (Wildman–Crippen MR) is 75.8 cm³/mol. The quantitative estimate of drug-likeness (QED) is 0.617. The van der Waals surface area contributed by atoms with Gasteiger partial charge in [0, 0.05) is 11.8 Å². The van der Waals surface area contributed by atoms with Gasteiger partial charge >= 0.3 is 0 Å². The molecule has 0 spiro atoms. The Bertz CT molecular complexity index is 621. The molecule has 0 unspecified atom stereocenters. The predicted octanol–water partition coefficient (Wildman–Crippen LogP) is 3.46. The minimum absolute atomic E-state index is 0.262. The molecule has 0 fully saturated rings. The van der Waals surface area contributed by atoms with Crippen molar-refractivity contribution in [2.75, 3.05) is 0 Å². The van der Waals surface area contributed by atoms with Gasteiger partial charge in [-0.05, 0) is 24.6 Å². The van der Waals surface area contributed by atoms with Crippen molar-refractivity contribution in [2.24, 2.45) is 0 Å². The maximum Gasteiger partial charge on any atom is 0.205 e. The first-order valence-electron chi connectivity index (χ1n) is 6.48. The molecule has 4 heteroatoms. The summed E-state index contributed by atoms with van der Waals surface area (Å²) in [5.74, 6) is -0.648. The van der Waals surface area contributed by atoms with Gasteiger partial charge in [-0.25, -0.2) is 9.37 Å². The number of hydrogen-bond acceptors (Lipinski definition) is 3. The number of nitrogens with zero attached hydrogens (tertiary/aromatic N) is 2. The molecule has 0 saturated heterocycles. The van der Waals surface area contributed by atoms with Gasteiger partial charge < -0.3 is 0 Å². The van der Waals surface area contributed by atoms with Crippen LogP contribution >= 0.6 is 0 Å². The Morgan fingerprint density at radius 1 is 1.25 bits per heavy atom. The molecule has 2 rings (SSSR count). The molecule has 0 N–H and O–H groups in total. The second kappa shape index (κ2) is 6.70. The fraction of sp³-hybridized carbons (Fsp3) is 0.188. The molecule has 0 radical (unpaired) electrons. The number of halogens is 1. The van der Waals surface area contributed by atoms with Crippen molar-refractivity contribution >= 4 is 11.9 Å². The Morgan fingerprint density at radius 2 is 2.05 bits per heavy atom. The first kappa shape index (κ1) is 14.1. The molecule has 20 heavy (non-hydrogen) atoms. The van der Waals surface area contributed by atoms with E-state index < -0.39 is 0 Å². The third kappa shape index (κ3) is 3.57. The van der Waals surface area contributed by atoms with Crippen LogP contribution in [0.15, 0.2) is 42.7 Å². The van der Waals surface area contributed by atoms with Gasteiger partial charge in [-0.15, -0.1) is 0 Å². The number of carbonyl (C=O) groups excluding carboxylic acids is 1. The number of ketones is 1. The molecule has 1 heterocycles. The number of hydrogen-bond donors (Lipinski definition) is 0. The fourth-order valence-corrected chi connectivity index (χ4v) is 1.73. The lowest BCUT2D eigenvalue weighted by Crippen LogP contribution is -2.01. The second-order valence-corrected chi connectivity index (χ2v) is 4.36. The molecule has 0 bridgehead atoms. The first-order chi connectivity index (χ1) is 9.70. The molecule has 0 aliphatic rings. The molecule has 1 aromatic heterocycles. The minimum Gasteiger partial charge on any atom is -0.287 e. The zero-order chi connectivity index (χ0) is 14.4. The van der Waals surface area contributed by atoms with E-state index in [0.29, 0.717) is 5.56 Å². The van der Waals surface area contributed by atoms with E-state index in [1.165, 1.54) is 24.4 Å². The fourth-order valence-electron chi connectivity index (χ4n) is 1.73. The number of aromatic nitrogens is 2. The molecule has 0 saturated carbocycles. The van der Waals surface area contributed by atoms with E-state index in [1.54, 1.807) is 24.4 Å². The Kier molecular flexibility index (Phi) is 4.71. The summed E-state index contributed by atoms with van der Waals surface area (Å²) in [5, 5.41) is 0. The molecule has 3 nitrogen and oxygen atoms in total. The molecule has 0 aliphatic heterocycles. The topological polar surface area (TPSA) is 42.9 Å². The van der Waals surface area contributed by atoms with Crippen molar-refractivity contribution in [2.45, 2.75) is 19.8 Å². The highest BCUT2D eigenvalue weighted by Gasteiger charge is 2.05. The van der Waals surface area contributed by atoms with Crippen LogP contribution in [0.1, 0.15) is 35.1 Å². The van der Waals surface area contributed by atoms with Gasteiger partial charge in [0.1, 0.15) is 11.5 Å². The summed E-state index contributed by atoms with van der Waals surface area (Å²) in [6.07, 6.45) is 7.63. The van der Waals surface area contributed by atoms with E-state index in [1.807, 2.05) is 0 Å². The zero-order valence-electron chi connectivity index (χ0n) is 11.2. The van der Waals surface area contributed by atoms with E-state index in [4.69, 9.17) is 0 Å². The monoisotopic (exact) mass is 270 g/mol. The summed E-state index contributed by atoms with van der Waals surface area (Å²) < 4.78 is 13.4. The van der Waals surface area contributed by atoms with Gasteiger partial charge in [-0.3, -0.25) is 9.78 Å². The largest absolute Gasteiger partial charge is 0.287 e. The van der Waals surface area contributed by atoms with Crippen LogP contribution in [0.5, 0.6) is 0 Å². The summed E-state index contributed by atoms with van der Waals surface area (Å²) in [6, 6.07) is 6.28. The van der Waals surface area contributed by atoms with Crippen LogP contribution in [0.3, 0.4) is 0 Å². The van der Waals surface area contributed by atoms with Crippen LogP contribution in [0.4, 0.5) is 4.39 Å². The van der Waals surface area contributed by atoms with Gasteiger partial charge in [0.05, 0.1) is 11.9 Å². The number of allylic oxidation sites excluding steroid dienone is 1. The minimum atomic E-state index is -0.360. The van der Waals surface area contributed by atoms with E-state index in [9.17, 15) is 9.18 Å². The smallest absolute Gasteiger partial charge is 0.205 e. The molecule has 0 atom stereocenters. The Balaban J connectivity index is 2.10. The third-order valence-electron chi connectivity index (χ3n) is 2.78. The normalized spacial score (nSPS) is 10.9. The van der Waals surface area contributed by atoms with Crippen molar-refractivity contribution in [1.82, 2.24) is 9.97 Å². The summed E-state index contributed by atoms with van der Waals surface area (Å²) in [4.78, 5) is 20.1. The van der Waals surface area contributed by atoms with Gasteiger partial charge in [0.2, 0.25) is 5.78 Å². The Hall–Kier alpha value is -2.36. The molecular formula is C16H15FN2O. The lowest BCUT2D eigenvalue weighted by molar-refractivity contribution is 0.104. The number of carbonyl (C=O) groups is 1. The highest BCUT2D eigenvalue weighted by Crippen LogP contribution is 2.09. The van der Waals surface area contributed by atoms with Crippen LogP contribution in [0.25, 0.3) is 6.08 Å². The summed E-state index contributed by atoms with van der Waals surface area (Å²) in [6.45, 7) is 2.05. The highest BCUT2D eigenvalue weighted by molar-refractivity contribution is 6.05. The molecule has 0 aliphatic carbocycles. The Morgan fingerprint density at radius 3 is 2.70 bits per heavy atom.